The molecule has 0 aliphatic carbocycles. The van der Waals surface area contributed by atoms with E-state index in [1.54, 1.807) is 12.1 Å². The van der Waals surface area contributed by atoms with Crippen LogP contribution < -0.4 is 15.4 Å². The molecule has 0 aromatic heterocycles. The number of carbonyl (C=O) groups is 2. The molecule has 2 N–H and O–H groups in total. The van der Waals surface area contributed by atoms with Crippen LogP contribution in [0.1, 0.15) is 30.4 Å². The van der Waals surface area contributed by atoms with Crippen molar-refractivity contribution in [3.05, 3.63) is 69.2 Å². The highest BCUT2D eigenvalue weighted by molar-refractivity contribution is 8.03. The highest BCUT2D eigenvalue weighted by Crippen LogP contribution is 2.36. The lowest BCUT2D eigenvalue weighted by Gasteiger charge is -2.25. The van der Waals surface area contributed by atoms with E-state index in [9.17, 15) is 14.9 Å². The summed E-state index contributed by atoms with van der Waals surface area (Å²) in [6.07, 6.45) is 0.176. The molecule has 160 valence electrons. The van der Waals surface area contributed by atoms with Crippen LogP contribution >= 0.6 is 23.4 Å². The van der Waals surface area contributed by atoms with Crippen molar-refractivity contribution in [1.29, 1.82) is 5.26 Å². The normalized spacial score (nSPS) is 15.8. The Balaban J connectivity index is 1.73. The second kappa shape index (κ2) is 10.4. The van der Waals surface area contributed by atoms with Gasteiger partial charge in [-0.15, -0.1) is 0 Å². The average Bonchev–Trinajstić information content (AvgIpc) is 2.75. The number of nitrogens with zero attached hydrogens (tertiary/aromatic N) is 1. The lowest BCUT2D eigenvalue weighted by molar-refractivity contribution is -0.121. The smallest absolute Gasteiger partial charge is 0.234 e. The van der Waals surface area contributed by atoms with Crippen LogP contribution in [0.5, 0.6) is 5.75 Å². The lowest BCUT2D eigenvalue weighted by atomic mass is 9.87. The summed E-state index contributed by atoms with van der Waals surface area (Å²) in [6.45, 7) is 4.35. The highest BCUT2D eigenvalue weighted by Gasteiger charge is 2.30. The van der Waals surface area contributed by atoms with E-state index in [-0.39, 0.29) is 29.9 Å². The molecular formula is C23H22ClN3O3S. The summed E-state index contributed by atoms with van der Waals surface area (Å²) in [6, 6.07) is 14.9. The molecule has 0 bridgehead atoms. The fraction of sp³-hybridized carbons (Fsp3) is 0.261. The van der Waals surface area contributed by atoms with Gasteiger partial charge in [-0.25, -0.2) is 0 Å². The number of benzene rings is 2. The van der Waals surface area contributed by atoms with Gasteiger partial charge in [-0.1, -0.05) is 41.6 Å². The van der Waals surface area contributed by atoms with Crippen LogP contribution in [0.3, 0.4) is 0 Å². The number of nitrogens with one attached hydrogen (secondary N) is 2. The molecule has 2 aromatic carbocycles. The van der Waals surface area contributed by atoms with Crippen molar-refractivity contribution in [2.24, 2.45) is 0 Å². The summed E-state index contributed by atoms with van der Waals surface area (Å²) in [7, 11) is 0. The third-order valence-electron chi connectivity index (χ3n) is 4.75. The van der Waals surface area contributed by atoms with Crippen LogP contribution in [0, 0.1) is 18.3 Å². The first-order valence-corrected chi connectivity index (χ1v) is 11.1. The molecule has 31 heavy (non-hydrogen) atoms. The molecule has 1 aliphatic heterocycles. The fourth-order valence-corrected chi connectivity index (χ4v) is 4.24. The minimum Gasteiger partial charge on any atom is -0.494 e. The zero-order valence-electron chi connectivity index (χ0n) is 17.2. The van der Waals surface area contributed by atoms with Gasteiger partial charge in [0.1, 0.15) is 5.75 Å². The van der Waals surface area contributed by atoms with Crippen molar-refractivity contribution in [2.75, 3.05) is 17.7 Å². The number of ether oxygens (including phenoxy) is 1. The average molecular weight is 456 g/mol. The minimum absolute atomic E-state index is 0.0439. The summed E-state index contributed by atoms with van der Waals surface area (Å²) in [5.74, 6) is -0.0342. The summed E-state index contributed by atoms with van der Waals surface area (Å²) in [5.41, 5.74) is 2.81. The first kappa shape index (κ1) is 22.7. The van der Waals surface area contributed by atoms with Crippen molar-refractivity contribution in [3.8, 4) is 11.8 Å². The molecule has 0 fully saturated rings. The predicted octanol–water partition coefficient (Wildman–Crippen LogP) is 4.76. The van der Waals surface area contributed by atoms with Gasteiger partial charge in [0.05, 0.1) is 29.0 Å². The van der Waals surface area contributed by atoms with E-state index >= 15 is 0 Å². The number of carbonyl (C=O) groups excluding carboxylic acids is 2. The largest absolute Gasteiger partial charge is 0.494 e. The SMILES string of the molecule is CCOc1ccc(C2CC(=O)NC(SCC(=O)Nc3ccc(C)c(Cl)c3)=C2C#N)cc1. The Labute approximate surface area is 190 Å². The van der Waals surface area contributed by atoms with Crippen LogP contribution in [0.25, 0.3) is 0 Å². The fourth-order valence-electron chi connectivity index (χ4n) is 3.19. The zero-order valence-corrected chi connectivity index (χ0v) is 18.8. The van der Waals surface area contributed by atoms with Crippen LogP contribution in [0.4, 0.5) is 5.69 Å². The monoisotopic (exact) mass is 455 g/mol. The zero-order chi connectivity index (χ0) is 22.4. The van der Waals surface area contributed by atoms with Gasteiger partial charge in [-0.3, -0.25) is 9.59 Å². The van der Waals surface area contributed by atoms with E-state index < -0.39 is 0 Å². The molecule has 1 heterocycles. The van der Waals surface area contributed by atoms with Gasteiger partial charge in [0.2, 0.25) is 11.8 Å². The van der Waals surface area contributed by atoms with Gasteiger partial charge in [-0.2, -0.15) is 5.26 Å². The second-order valence-electron chi connectivity index (χ2n) is 6.96. The summed E-state index contributed by atoms with van der Waals surface area (Å²) in [4.78, 5) is 24.7. The van der Waals surface area contributed by atoms with Crippen molar-refractivity contribution >= 4 is 40.9 Å². The quantitative estimate of drug-likeness (QED) is 0.628. The highest BCUT2D eigenvalue weighted by atomic mass is 35.5. The number of anilines is 1. The van der Waals surface area contributed by atoms with E-state index in [0.29, 0.717) is 27.9 Å². The molecule has 1 atom stereocenters. The Hall–Kier alpha value is -2.95. The molecule has 6 nitrogen and oxygen atoms in total. The van der Waals surface area contributed by atoms with E-state index in [0.717, 1.165) is 28.6 Å². The van der Waals surface area contributed by atoms with E-state index in [2.05, 4.69) is 16.7 Å². The maximum atomic E-state index is 12.4. The van der Waals surface area contributed by atoms with Crippen molar-refractivity contribution in [3.63, 3.8) is 0 Å². The molecule has 0 radical (unpaired) electrons. The number of hydrogen-bond donors (Lipinski definition) is 2. The number of halogens is 1. The van der Waals surface area contributed by atoms with E-state index in [4.69, 9.17) is 16.3 Å². The predicted molar refractivity (Wildman–Crippen MR) is 123 cm³/mol. The van der Waals surface area contributed by atoms with Gasteiger partial charge in [0.15, 0.2) is 0 Å². The molecule has 1 aliphatic rings. The molecular weight excluding hydrogens is 434 g/mol. The molecule has 0 saturated heterocycles. The summed E-state index contributed by atoms with van der Waals surface area (Å²) in [5, 5.41) is 16.3. The topological polar surface area (TPSA) is 91.2 Å². The minimum atomic E-state index is -0.365. The van der Waals surface area contributed by atoms with Gasteiger partial charge >= 0.3 is 0 Å². The first-order chi connectivity index (χ1) is 14.9. The maximum absolute atomic E-state index is 12.4. The van der Waals surface area contributed by atoms with Crippen molar-refractivity contribution in [1.82, 2.24) is 5.32 Å². The number of rotatable bonds is 7. The van der Waals surface area contributed by atoms with Gasteiger partial charge in [-0.05, 0) is 49.2 Å². The Morgan fingerprint density at radius 1 is 1.32 bits per heavy atom. The summed E-state index contributed by atoms with van der Waals surface area (Å²) >= 11 is 7.23. The molecule has 2 amide bonds. The van der Waals surface area contributed by atoms with E-state index in [1.165, 1.54) is 0 Å². The Morgan fingerprint density at radius 3 is 2.71 bits per heavy atom. The van der Waals surface area contributed by atoms with Crippen LogP contribution in [-0.2, 0) is 9.59 Å². The van der Waals surface area contributed by atoms with Crippen LogP contribution in [0.15, 0.2) is 53.1 Å². The third kappa shape index (κ3) is 5.81. The number of aryl methyl sites for hydroxylation is 1. The van der Waals surface area contributed by atoms with Crippen LogP contribution in [-0.4, -0.2) is 24.2 Å². The van der Waals surface area contributed by atoms with Crippen molar-refractivity contribution in [2.45, 2.75) is 26.2 Å². The molecule has 8 heteroatoms. The number of allylic oxidation sites excluding steroid dienone is 1. The molecule has 1 unspecified atom stereocenters. The van der Waals surface area contributed by atoms with Gasteiger partial charge in [0, 0.05) is 23.0 Å². The van der Waals surface area contributed by atoms with Gasteiger partial charge < -0.3 is 15.4 Å². The first-order valence-electron chi connectivity index (χ1n) is 9.77. The number of thioether (sulfide) groups is 1. The standard InChI is InChI=1S/C23H22ClN3O3S/c1-3-30-17-8-5-15(6-9-17)18-11-21(28)27-23(19(18)12-25)31-13-22(29)26-16-7-4-14(2)20(24)10-16/h4-10,18H,3,11,13H2,1-2H3,(H,26,29)(H,27,28). The maximum Gasteiger partial charge on any atom is 0.234 e. The summed E-state index contributed by atoms with van der Waals surface area (Å²) < 4.78 is 5.46. The second-order valence-corrected chi connectivity index (χ2v) is 8.36. The third-order valence-corrected chi connectivity index (χ3v) is 6.18. The molecule has 0 saturated carbocycles. The molecule has 2 aromatic rings. The Morgan fingerprint density at radius 2 is 2.06 bits per heavy atom. The van der Waals surface area contributed by atoms with Crippen LogP contribution in [0.2, 0.25) is 5.02 Å². The lowest BCUT2D eigenvalue weighted by Crippen LogP contribution is -2.31. The van der Waals surface area contributed by atoms with Gasteiger partial charge in [0.25, 0.3) is 0 Å². The number of hydrogen-bond acceptors (Lipinski definition) is 5. The number of nitriles is 1. The Kier molecular flexibility index (Phi) is 7.61. The molecule has 0 spiro atoms. The Bertz CT molecular complexity index is 1060. The van der Waals surface area contributed by atoms with E-state index in [1.807, 2.05) is 44.2 Å². The number of amides is 2. The van der Waals surface area contributed by atoms with Crippen molar-refractivity contribution < 1.29 is 14.3 Å². The molecule has 3 rings (SSSR count).